The Kier molecular flexibility index (Phi) is 35.4. The highest BCUT2D eigenvalue weighted by molar-refractivity contribution is 7.85. The van der Waals surface area contributed by atoms with Crippen LogP contribution in [0.5, 0.6) is 0 Å². The van der Waals surface area contributed by atoms with E-state index in [9.17, 15) is 214 Å². The zero-order chi connectivity index (χ0) is 95.2. The number of aliphatic hydroxyl groups excluding tert-OH is 9. The van der Waals surface area contributed by atoms with Gasteiger partial charge < -0.3 is 123 Å². The number of aliphatic hydroxyl groups is 9. The Morgan fingerprint density at radius 3 is 0.696 bits per heavy atom. The van der Waals surface area contributed by atoms with Crippen molar-refractivity contribution in [3.63, 3.8) is 0 Å². The molecule has 0 saturated carbocycles. The van der Waals surface area contributed by atoms with E-state index >= 15 is 0 Å². The first-order chi connectivity index (χ1) is 56.5. The average molecular weight is 2070 g/mol. The standard InChI is InChI=1S/C42H70N4O68S11/c47-13-5(1-95-119(74,75)76)100-37(10(14(13)48)44-116(65,66)67)106-24-18(52)28(113-124(89,90)91)41(110-30(24)33(55)56)104-22-7(3-97-121(80,81)82)102-39(12(16(22)50)46-118(71,72)73)108-26-20(54)29(114-125(92,93)94)42(111-32(26)35(59)60)105-23-8(4-98-122(83,84)85)101-38(11(17(23)51)45-117(68,69)70)107-25-19(53)27(112-123(86,87)88)40(109-31(25)34(57)58)103-21-6(2-96-120(77,78)79)99-36(61)9(15(21)49)43-115(62,63)64/h5-32,36-54,61H,1-4H2,(H,55,56)(H,57,58)(H,59,60)(H,62,63,64)(H,65,66,67)(H,68,69,70)(H,71,72,73)(H,74,75,76)(H,77,78,79)(H,80,81,82)(H,83,84,85)(H,86,87,88)(H,89,90,91)(H,92,93,94)/t5-,6-,7-,8-,9-,10-,11-,12-,13-,14-,15-,16-,17-,18-,19-,20-,21-,22-,23-,24-,25-,26-,27+,28+,29+,30+,31+,32+,36+,37-,38-,39-,40+,41+,42+/m1/s1. The third-order valence-corrected chi connectivity index (χ3v) is 22.6. The summed E-state index contributed by atoms with van der Waals surface area (Å²) in [6.45, 7) is -7.49. The predicted molar refractivity (Wildman–Crippen MR) is 356 cm³/mol. The quantitative estimate of drug-likeness (QED) is 0.0253. The molecule has 7 saturated heterocycles. The van der Waals surface area contributed by atoms with Crippen molar-refractivity contribution < 1.29 is 309 Å². The lowest BCUT2D eigenvalue weighted by atomic mass is 9.94. The number of nitrogens with one attached hydrogen (secondary N) is 4. The molecule has 0 unspecified atom stereocenters. The van der Waals surface area contributed by atoms with E-state index in [4.69, 9.17) is 66.1 Å². The minimum Gasteiger partial charge on any atom is -0.479 e. The molecule has 0 aromatic carbocycles. The Balaban J connectivity index is 1.26. The molecule has 0 spiro atoms. The molecule has 27 N–H and O–H groups in total. The summed E-state index contributed by atoms with van der Waals surface area (Å²) < 4.78 is 478. The van der Waals surface area contributed by atoms with Crippen molar-refractivity contribution in [3.8, 4) is 0 Å². The van der Waals surface area contributed by atoms with Gasteiger partial charge in [0.1, 0.15) is 134 Å². The molecule has 7 fully saturated rings. The number of rotatable bonds is 41. The highest BCUT2D eigenvalue weighted by atomic mass is 32.3. The highest BCUT2D eigenvalue weighted by Gasteiger charge is 2.64. The zero-order valence-electron chi connectivity index (χ0n) is 59.7. The molecule has 0 aromatic heterocycles. The largest absolute Gasteiger partial charge is 0.479 e. The molecule has 0 aliphatic carbocycles. The van der Waals surface area contributed by atoms with Crippen molar-refractivity contribution in [1.82, 2.24) is 18.9 Å². The van der Waals surface area contributed by atoms with Crippen molar-refractivity contribution >= 4 is 132 Å². The summed E-state index contributed by atoms with van der Waals surface area (Å²) in [5.41, 5.74) is 0. The van der Waals surface area contributed by atoms with Crippen molar-refractivity contribution in [2.75, 3.05) is 26.4 Å². The number of hydrogen-bond acceptors (Lipinski definition) is 54. The first-order valence-corrected chi connectivity index (χ1v) is 47.6. The van der Waals surface area contributed by atoms with E-state index in [1.54, 1.807) is 0 Å². The summed E-state index contributed by atoms with van der Waals surface area (Å²) in [4.78, 5) is 39.4. The topological polar surface area (TPSA) is 1120 Å². The molecule has 0 aromatic rings. The summed E-state index contributed by atoms with van der Waals surface area (Å²) in [7, 11) is -66.0. The minimum absolute atomic E-state index is 1.08. The molecule has 7 aliphatic heterocycles. The molecule has 83 heteroatoms. The lowest BCUT2D eigenvalue weighted by Crippen LogP contribution is -2.71. The lowest BCUT2D eigenvalue weighted by Gasteiger charge is -2.50. The van der Waals surface area contributed by atoms with Gasteiger partial charge in [-0.3, -0.25) is 50.1 Å². The van der Waals surface area contributed by atoms with Gasteiger partial charge in [-0.25, -0.2) is 43.7 Å². The van der Waals surface area contributed by atoms with Gasteiger partial charge in [0.05, 0.1) is 26.4 Å². The number of carbonyl (C=O) groups is 3. The van der Waals surface area contributed by atoms with E-state index in [-0.39, 0.29) is 0 Å². The van der Waals surface area contributed by atoms with Gasteiger partial charge in [0.25, 0.3) is 0 Å². The average Bonchev–Trinajstić information content (AvgIpc) is 0.757. The summed E-state index contributed by atoms with van der Waals surface area (Å²) in [5, 5.41) is 134. The molecule has 72 nitrogen and oxygen atoms in total. The van der Waals surface area contributed by atoms with E-state index in [2.05, 4.69) is 29.3 Å². The van der Waals surface area contributed by atoms with Crippen LogP contribution in [0.4, 0.5) is 0 Å². The van der Waals surface area contributed by atoms with Crippen molar-refractivity contribution in [1.29, 1.82) is 0 Å². The molecular weight excluding hydrogens is 2000 g/mol. The molecule has 0 radical (unpaired) electrons. The van der Waals surface area contributed by atoms with Gasteiger partial charge in [0.15, 0.2) is 80.7 Å². The Morgan fingerprint density at radius 1 is 0.240 bits per heavy atom. The third-order valence-electron chi connectivity index (χ3n) is 17.1. The number of hydrogen-bond donors (Lipinski definition) is 27. The van der Waals surface area contributed by atoms with E-state index in [0.717, 1.165) is 9.44 Å². The number of aliphatic carboxylic acids is 3. The van der Waals surface area contributed by atoms with Gasteiger partial charge in [0, 0.05) is 0 Å². The molecule has 35 atom stereocenters. The minimum atomic E-state index is -6.46. The van der Waals surface area contributed by atoms with E-state index in [1.807, 2.05) is 0 Å². The second-order valence-corrected chi connectivity index (χ2v) is 38.1. The zero-order valence-corrected chi connectivity index (χ0v) is 68.7. The van der Waals surface area contributed by atoms with E-state index in [1.165, 1.54) is 9.44 Å². The number of carboxylic acid groups (broad SMARTS) is 3. The number of carboxylic acids is 3. The SMILES string of the molecule is O=C(O)[C@H]1O[C@H](O[C@H]2[C@H](O)[C@@H](NS(=O)(=O)O)[C@@H](O)O[C@@H]2COS(=O)(=O)O)[C@@H](OS(=O)(=O)O)[C@H](O)[C@H]1O[C@H]1O[C@H](COS(=O)(=O)O)[C@@H](O[C@H]2O[C@H](C(=O)O)[C@H](O[C@H]3O[C@H](COS(=O)(=O)O)[C@@H](O[C@H]4O[C@H](C(=O)O)[C@H](O[C@H]5O[C@H](COS(=O)(=O)O)[C@@H](O)[C@H](O)[C@H]5NS(=O)(=O)O)[C@@H](O)[C@@H]4OS(=O)(=O)O)[C@H](O)[C@H]3NS(=O)(=O)O)[C@@H](O)[C@@H]2OS(=O)(=O)O)[C@H](O)[C@H]1NS(=O)(=O)O. The first kappa shape index (κ1) is 108. The van der Waals surface area contributed by atoms with Crippen LogP contribution in [0.1, 0.15) is 0 Å². The second-order valence-electron chi connectivity index (χ2n) is 25.8. The fourth-order valence-electron chi connectivity index (χ4n) is 12.4. The van der Waals surface area contributed by atoms with Gasteiger partial charge in [-0.05, 0) is 0 Å². The Hall–Kier alpha value is -3.90. The smallest absolute Gasteiger partial charge is 0.397 e. The van der Waals surface area contributed by atoms with E-state index in [0.29, 0.717) is 0 Å². The molecule has 7 rings (SSSR count). The van der Waals surface area contributed by atoms with Gasteiger partial charge in [0.2, 0.25) is 0 Å². The monoisotopic (exact) mass is 2070 g/mol. The molecular formula is C42H70N4O68S11. The summed E-state index contributed by atoms with van der Waals surface area (Å²) in [6.07, 6.45) is -97.5. The normalized spacial score (nSPS) is 39.2. The third kappa shape index (κ3) is 31.4. The van der Waals surface area contributed by atoms with Gasteiger partial charge in [-0.1, -0.05) is 0 Å². The maximum absolute atomic E-state index is 13.4. The lowest BCUT2D eigenvalue weighted by molar-refractivity contribution is -0.377. The Bertz CT molecular complexity index is 5130. The van der Waals surface area contributed by atoms with Gasteiger partial charge in [-0.2, -0.15) is 111 Å². The van der Waals surface area contributed by atoms with E-state index < -0.39 is 373 Å². The van der Waals surface area contributed by atoms with Crippen LogP contribution in [0.15, 0.2) is 0 Å². The maximum Gasteiger partial charge on any atom is 0.397 e. The molecule has 125 heavy (non-hydrogen) atoms. The van der Waals surface area contributed by atoms with Crippen LogP contribution in [-0.4, -0.2) is 463 Å². The van der Waals surface area contributed by atoms with Crippen LogP contribution in [0.25, 0.3) is 0 Å². The summed E-state index contributed by atoms with van der Waals surface area (Å²) in [6, 6.07) is -11.9. The second kappa shape index (κ2) is 40.9. The fraction of sp³-hybridized carbons (Fsp3) is 0.929. The molecule has 7 aliphatic rings. The molecule has 0 amide bonds. The molecule has 7 heterocycles. The predicted octanol–water partition coefficient (Wildman–Crippen LogP) is -19.6. The van der Waals surface area contributed by atoms with Crippen LogP contribution < -0.4 is 18.9 Å². The van der Waals surface area contributed by atoms with Crippen LogP contribution in [0, 0.1) is 0 Å². The summed E-state index contributed by atoms with van der Waals surface area (Å²) in [5.74, 6) is -7.83. The summed E-state index contributed by atoms with van der Waals surface area (Å²) >= 11 is 0. The van der Waals surface area contributed by atoms with Crippen LogP contribution in [0.3, 0.4) is 0 Å². The fourth-order valence-corrected chi connectivity index (χ4v) is 17.5. The Morgan fingerprint density at radius 2 is 0.456 bits per heavy atom. The van der Waals surface area contributed by atoms with Gasteiger partial charge in [-0.15, -0.1) is 0 Å². The van der Waals surface area contributed by atoms with Crippen molar-refractivity contribution in [3.05, 3.63) is 0 Å². The maximum atomic E-state index is 13.4. The van der Waals surface area contributed by atoms with Gasteiger partial charge >= 0.3 is 132 Å². The molecule has 0 bridgehead atoms. The van der Waals surface area contributed by atoms with Crippen LogP contribution in [0.2, 0.25) is 0 Å². The van der Waals surface area contributed by atoms with Crippen LogP contribution >= 0.6 is 0 Å². The molecule has 732 valence electrons. The first-order valence-electron chi connectivity index (χ1n) is 32.2. The van der Waals surface area contributed by atoms with Crippen molar-refractivity contribution in [2.24, 2.45) is 0 Å². The van der Waals surface area contributed by atoms with Crippen LogP contribution in [-0.2, 0) is 219 Å². The Labute approximate surface area is 697 Å². The number of ether oxygens (including phenoxy) is 13. The highest BCUT2D eigenvalue weighted by Crippen LogP contribution is 2.41. The van der Waals surface area contributed by atoms with Crippen molar-refractivity contribution in [2.45, 2.75) is 215 Å².